The number of anilines is 2. The second kappa shape index (κ2) is 7.87. The van der Waals surface area contributed by atoms with Gasteiger partial charge in [0.25, 0.3) is 0 Å². The Bertz CT molecular complexity index is 917. The zero-order valence-corrected chi connectivity index (χ0v) is 16.9. The van der Waals surface area contributed by atoms with Gasteiger partial charge in [-0.2, -0.15) is 0 Å². The summed E-state index contributed by atoms with van der Waals surface area (Å²) < 4.78 is 10.8. The Kier molecular flexibility index (Phi) is 5.28. The van der Waals surface area contributed by atoms with E-state index in [1.165, 1.54) is 0 Å². The topological polar surface area (TPSA) is 67.9 Å². The number of methoxy groups -OCH3 is 1. The summed E-state index contributed by atoms with van der Waals surface area (Å²) in [5.74, 6) is 0.867. The lowest BCUT2D eigenvalue weighted by atomic mass is 9.73. The number of hydrogen-bond acceptors (Lipinski definition) is 4. The maximum atomic E-state index is 13.5. The van der Waals surface area contributed by atoms with Crippen molar-refractivity contribution in [3.63, 3.8) is 0 Å². The zero-order chi connectivity index (χ0) is 20.4. The van der Waals surface area contributed by atoms with Crippen LogP contribution in [0.3, 0.4) is 0 Å². The van der Waals surface area contributed by atoms with Crippen LogP contribution in [0.25, 0.3) is 0 Å². The van der Waals surface area contributed by atoms with Gasteiger partial charge < -0.3 is 19.7 Å². The predicted molar refractivity (Wildman–Crippen MR) is 112 cm³/mol. The highest BCUT2D eigenvalue weighted by Crippen LogP contribution is 2.37. The van der Waals surface area contributed by atoms with Crippen LogP contribution in [-0.4, -0.2) is 39.2 Å². The maximum absolute atomic E-state index is 13.5. The predicted octanol–water partition coefficient (Wildman–Crippen LogP) is 3.29. The first-order valence-electron chi connectivity index (χ1n) is 9.97. The highest BCUT2D eigenvalue weighted by Gasteiger charge is 2.41. The molecule has 0 unspecified atom stereocenters. The van der Waals surface area contributed by atoms with Gasteiger partial charge in [0.15, 0.2) is 0 Å². The average molecular weight is 394 g/mol. The normalized spacial score (nSPS) is 18.1. The smallest absolute Gasteiger partial charge is 0.235 e. The van der Waals surface area contributed by atoms with E-state index in [9.17, 15) is 9.59 Å². The van der Waals surface area contributed by atoms with E-state index in [1.807, 2.05) is 42.5 Å². The summed E-state index contributed by atoms with van der Waals surface area (Å²) in [6.07, 6.45) is 2.45. The number of rotatable bonds is 4. The van der Waals surface area contributed by atoms with Crippen LogP contribution in [0.1, 0.15) is 30.4 Å². The molecule has 2 aromatic rings. The van der Waals surface area contributed by atoms with E-state index in [1.54, 1.807) is 19.1 Å². The maximum Gasteiger partial charge on any atom is 0.235 e. The molecule has 6 nitrogen and oxygen atoms in total. The summed E-state index contributed by atoms with van der Waals surface area (Å²) in [6.45, 7) is 1.10. The van der Waals surface area contributed by atoms with Crippen molar-refractivity contribution >= 4 is 23.2 Å². The van der Waals surface area contributed by atoms with E-state index < -0.39 is 5.41 Å². The second-order valence-electron chi connectivity index (χ2n) is 7.67. The van der Waals surface area contributed by atoms with Gasteiger partial charge in [0.1, 0.15) is 5.75 Å². The largest absolute Gasteiger partial charge is 0.497 e. The molecule has 4 rings (SSSR count). The number of ether oxygens (including phenoxy) is 2. The highest BCUT2D eigenvalue weighted by atomic mass is 16.5. The molecule has 1 fully saturated rings. The summed E-state index contributed by atoms with van der Waals surface area (Å²) in [6, 6.07) is 13.5. The van der Waals surface area contributed by atoms with Crippen molar-refractivity contribution in [3.05, 3.63) is 53.6 Å². The van der Waals surface area contributed by atoms with E-state index >= 15 is 0 Å². The summed E-state index contributed by atoms with van der Waals surface area (Å²) in [5.41, 5.74) is 3.09. The summed E-state index contributed by atoms with van der Waals surface area (Å²) >= 11 is 0. The molecule has 1 N–H and O–H groups in total. The Morgan fingerprint density at radius 3 is 2.52 bits per heavy atom. The molecule has 0 atom stereocenters. The van der Waals surface area contributed by atoms with Gasteiger partial charge in [-0.1, -0.05) is 12.1 Å². The minimum atomic E-state index is -0.632. The van der Waals surface area contributed by atoms with Crippen LogP contribution >= 0.6 is 0 Å². The Balaban J connectivity index is 1.61. The summed E-state index contributed by atoms with van der Waals surface area (Å²) in [4.78, 5) is 27.1. The molecule has 0 bridgehead atoms. The number of nitrogens with zero attached hydrogens (tertiary/aromatic N) is 1. The third-order valence-electron chi connectivity index (χ3n) is 6.10. The van der Waals surface area contributed by atoms with Gasteiger partial charge in [0, 0.05) is 38.1 Å². The van der Waals surface area contributed by atoms with Crippen molar-refractivity contribution in [2.45, 2.75) is 31.1 Å². The molecule has 0 aromatic heterocycles. The molecule has 29 heavy (non-hydrogen) atoms. The van der Waals surface area contributed by atoms with Crippen molar-refractivity contribution in [3.8, 4) is 5.75 Å². The van der Waals surface area contributed by atoms with Crippen molar-refractivity contribution < 1.29 is 19.1 Å². The zero-order valence-electron chi connectivity index (χ0n) is 16.9. The lowest BCUT2D eigenvalue weighted by Gasteiger charge is -2.36. The standard InChI is InChI=1S/C23H26N2O4/c1-25-20-9-6-18(15-16(20)3-10-21(25)26)24-22(27)23(11-13-29-14-12-23)17-4-7-19(28-2)8-5-17/h4-9,15H,3,10-14H2,1-2H3,(H,24,27). The number of carbonyl (C=O) groups is 2. The number of hydrogen-bond donors (Lipinski definition) is 1. The van der Waals surface area contributed by atoms with Gasteiger partial charge in [-0.15, -0.1) is 0 Å². The minimum absolute atomic E-state index is 0.0221. The first kappa shape index (κ1) is 19.5. The van der Waals surface area contributed by atoms with Gasteiger partial charge in [-0.3, -0.25) is 9.59 Å². The molecular weight excluding hydrogens is 368 g/mol. The van der Waals surface area contributed by atoms with Crippen molar-refractivity contribution in [2.75, 3.05) is 37.6 Å². The summed E-state index contributed by atoms with van der Waals surface area (Å²) in [7, 11) is 3.42. The fourth-order valence-electron chi connectivity index (χ4n) is 4.26. The average Bonchev–Trinajstić information content (AvgIpc) is 2.77. The SMILES string of the molecule is COc1ccc(C2(C(=O)Nc3ccc4c(c3)CCC(=O)N4C)CCOCC2)cc1. The van der Waals surface area contributed by atoms with E-state index in [4.69, 9.17) is 9.47 Å². The minimum Gasteiger partial charge on any atom is -0.497 e. The molecule has 0 radical (unpaired) electrons. The molecule has 2 aliphatic heterocycles. The van der Waals surface area contributed by atoms with Crippen molar-refractivity contribution in [1.82, 2.24) is 0 Å². The number of carbonyl (C=O) groups excluding carboxylic acids is 2. The molecule has 1 saturated heterocycles. The summed E-state index contributed by atoms with van der Waals surface area (Å²) in [5, 5.41) is 3.13. The molecule has 0 spiro atoms. The molecular formula is C23H26N2O4. The van der Waals surface area contributed by atoms with Gasteiger partial charge in [0.05, 0.1) is 12.5 Å². The Morgan fingerprint density at radius 2 is 1.83 bits per heavy atom. The van der Waals surface area contributed by atoms with Crippen LogP contribution in [0.4, 0.5) is 11.4 Å². The van der Waals surface area contributed by atoms with Crippen LogP contribution in [0.2, 0.25) is 0 Å². The number of fused-ring (bicyclic) bond motifs is 1. The molecule has 2 aromatic carbocycles. The molecule has 2 aliphatic rings. The van der Waals surface area contributed by atoms with E-state index in [2.05, 4.69) is 5.32 Å². The van der Waals surface area contributed by atoms with Crippen LogP contribution in [0, 0.1) is 0 Å². The van der Waals surface area contributed by atoms with Crippen molar-refractivity contribution in [2.24, 2.45) is 0 Å². The monoisotopic (exact) mass is 394 g/mol. The van der Waals surface area contributed by atoms with Crippen LogP contribution in [-0.2, 0) is 26.2 Å². The second-order valence-corrected chi connectivity index (χ2v) is 7.67. The highest BCUT2D eigenvalue weighted by molar-refractivity contribution is 6.00. The Morgan fingerprint density at radius 1 is 1.10 bits per heavy atom. The number of aryl methyl sites for hydroxylation is 1. The van der Waals surface area contributed by atoms with Gasteiger partial charge in [0.2, 0.25) is 11.8 Å². The third kappa shape index (κ3) is 3.60. The van der Waals surface area contributed by atoms with Gasteiger partial charge in [-0.05, 0) is 60.7 Å². The first-order valence-corrected chi connectivity index (χ1v) is 9.97. The molecule has 2 amide bonds. The Labute approximate surface area is 170 Å². The molecule has 0 aliphatic carbocycles. The third-order valence-corrected chi connectivity index (χ3v) is 6.10. The lowest BCUT2D eigenvalue weighted by molar-refractivity contribution is -0.125. The molecule has 0 saturated carbocycles. The first-order chi connectivity index (χ1) is 14.0. The van der Waals surface area contributed by atoms with Gasteiger partial charge in [-0.25, -0.2) is 0 Å². The van der Waals surface area contributed by atoms with Crippen LogP contribution in [0.15, 0.2) is 42.5 Å². The van der Waals surface area contributed by atoms with E-state index in [0.29, 0.717) is 38.9 Å². The lowest BCUT2D eigenvalue weighted by Crippen LogP contribution is -2.44. The van der Waals surface area contributed by atoms with Crippen LogP contribution in [0.5, 0.6) is 5.75 Å². The number of amides is 2. The Hall–Kier alpha value is -2.86. The quantitative estimate of drug-likeness (QED) is 0.864. The van der Waals surface area contributed by atoms with E-state index in [0.717, 1.165) is 28.3 Å². The molecule has 6 heteroatoms. The van der Waals surface area contributed by atoms with E-state index in [-0.39, 0.29) is 11.8 Å². The molecule has 152 valence electrons. The fourth-order valence-corrected chi connectivity index (χ4v) is 4.26. The van der Waals surface area contributed by atoms with Crippen molar-refractivity contribution in [1.29, 1.82) is 0 Å². The molecule has 2 heterocycles. The van der Waals surface area contributed by atoms with Crippen LogP contribution < -0.4 is 15.0 Å². The van der Waals surface area contributed by atoms with Gasteiger partial charge >= 0.3 is 0 Å². The fraction of sp³-hybridized carbons (Fsp3) is 0.391. The number of benzene rings is 2. The number of nitrogens with one attached hydrogen (secondary N) is 1.